The zero-order valence-corrected chi connectivity index (χ0v) is 8.16. The number of hydrogen-bond donors (Lipinski definition) is 1. The van der Waals surface area contributed by atoms with E-state index < -0.39 is 11.8 Å². The minimum absolute atomic E-state index is 0.00546. The van der Waals surface area contributed by atoms with Crippen LogP contribution in [0.3, 0.4) is 0 Å². The highest BCUT2D eigenvalue weighted by atomic mass is 19.3. The highest BCUT2D eigenvalue weighted by molar-refractivity contribution is 4.82. The van der Waals surface area contributed by atoms with E-state index in [4.69, 9.17) is 0 Å². The zero-order chi connectivity index (χ0) is 9.61. The molecule has 0 aromatic carbocycles. The van der Waals surface area contributed by atoms with E-state index in [1.807, 2.05) is 20.8 Å². The second kappa shape index (κ2) is 5.46. The SMILES string of the molecule is CC.CCC1CNCCC1(F)F. The van der Waals surface area contributed by atoms with Crippen molar-refractivity contribution in [1.29, 1.82) is 0 Å². The van der Waals surface area contributed by atoms with Crippen molar-refractivity contribution >= 4 is 0 Å². The van der Waals surface area contributed by atoms with Crippen LogP contribution < -0.4 is 5.32 Å². The molecule has 0 radical (unpaired) electrons. The van der Waals surface area contributed by atoms with Crippen molar-refractivity contribution in [3.63, 3.8) is 0 Å². The second-order valence-corrected chi connectivity index (χ2v) is 2.82. The van der Waals surface area contributed by atoms with E-state index >= 15 is 0 Å². The fourth-order valence-electron chi connectivity index (χ4n) is 1.33. The van der Waals surface area contributed by atoms with Crippen molar-refractivity contribution < 1.29 is 8.78 Å². The molecular weight excluding hydrogens is 160 g/mol. The molecule has 1 nitrogen and oxygen atoms in total. The summed E-state index contributed by atoms with van der Waals surface area (Å²) in [4.78, 5) is 0. The number of alkyl halides is 2. The maximum atomic E-state index is 12.8. The molecule has 0 saturated carbocycles. The number of piperidine rings is 1. The summed E-state index contributed by atoms with van der Waals surface area (Å²) >= 11 is 0. The summed E-state index contributed by atoms with van der Waals surface area (Å²) in [5.74, 6) is -2.86. The molecule has 0 spiro atoms. The molecule has 1 heterocycles. The predicted octanol–water partition coefficient (Wildman–Crippen LogP) is 2.67. The first-order valence-corrected chi connectivity index (χ1v) is 4.75. The normalized spacial score (nSPS) is 27.2. The summed E-state index contributed by atoms with van der Waals surface area (Å²) in [6, 6.07) is 0. The molecule has 0 aromatic rings. The minimum Gasteiger partial charge on any atom is -0.316 e. The lowest BCUT2D eigenvalue weighted by Crippen LogP contribution is -2.44. The summed E-state index contributed by atoms with van der Waals surface area (Å²) in [6.07, 6.45) is 0.575. The summed E-state index contributed by atoms with van der Waals surface area (Å²) in [5.41, 5.74) is 0. The van der Waals surface area contributed by atoms with Crippen LogP contribution in [0.15, 0.2) is 0 Å². The van der Waals surface area contributed by atoms with Crippen molar-refractivity contribution in [1.82, 2.24) is 5.32 Å². The molecular formula is C9H19F2N. The van der Waals surface area contributed by atoms with Gasteiger partial charge in [0.1, 0.15) is 0 Å². The van der Waals surface area contributed by atoms with Crippen LogP contribution in [0, 0.1) is 5.92 Å². The molecule has 0 aromatic heterocycles. The first-order chi connectivity index (χ1) is 5.67. The molecule has 1 saturated heterocycles. The van der Waals surface area contributed by atoms with Gasteiger partial charge in [0.2, 0.25) is 0 Å². The standard InChI is InChI=1S/C7H13F2N.C2H6/c1-2-6-5-10-4-3-7(6,8)9;1-2/h6,10H,2-5H2,1H3;1-2H3. The van der Waals surface area contributed by atoms with Gasteiger partial charge in [0.25, 0.3) is 5.92 Å². The third-order valence-electron chi connectivity index (χ3n) is 2.12. The highest BCUT2D eigenvalue weighted by Gasteiger charge is 2.39. The third-order valence-corrected chi connectivity index (χ3v) is 2.12. The first kappa shape index (κ1) is 11.8. The maximum absolute atomic E-state index is 12.8. The average molecular weight is 179 g/mol. The fraction of sp³-hybridized carbons (Fsp3) is 1.00. The molecule has 1 N–H and O–H groups in total. The summed E-state index contributed by atoms with van der Waals surface area (Å²) < 4.78 is 25.7. The van der Waals surface area contributed by atoms with E-state index in [1.54, 1.807) is 0 Å². The fourth-order valence-corrected chi connectivity index (χ4v) is 1.33. The van der Waals surface area contributed by atoms with E-state index in [0.29, 0.717) is 19.5 Å². The quantitative estimate of drug-likeness (QED) is 0.652. The Hall–Kier alpha value is -0.180. The maximum Gasteiger partial charge on any atom is 0.253 e. The van der Waals surface area contributed by atoms with Crippen LogP contribution in [0.5, 0.6) is 0 Å². The smallest absolute Gasteiger partial charge is 0.253 e. The molecule has 74 valence electrons. The Morgan fingerprint density at radius 3 is 2.33 bits per heavy atom. The van der Waals surface area contributed by atoms with Gasteiger partial charge in [0.05, 0.1) is 0 Å². The van der Waals surface area contributed by atoms with Gasteiger partial charge in [-0.3, -0.25) is 0 Å². The lowest BCUT2D eigenvalue weighted by molar-refractivity contribution is -0.0789. The molecule has 3 heteroatoms. The van der Waals surface area contributed by atoms with E-state index in [1.165, 1.54) is 0 Å². The molecule has 1 unspecified atom stereocenters. The van der Waals surface area contributed by atoms with Crippen molar-refractivity contribution in [2.75, 3.05) is 13.1 Å². The lowest BCUT2D eigenvalue weighted by atomic mass is 9.93. The van der Waals surface area contributed by atoms with Gasteiger partial charge in [0, 0.05) is 25.4 Å². The Morgan fingerprint density at radius 2 is 2.00 bits per heavy atom. The van der Waals surface area contributed by atoms with Crippen LogP contribution in [0.4, 0.5) is 8.78 Å². The van der Waals surface area contributed by atoms with Gasteiger partial charge in [0.15, 0.2) is 0 Å². The van der Waals surface area contributed by atoms with Gasteiger partial charge >= 0.3 is 0 Å². The Kier molecular flexibility index (Phi) is 5.38. The van der Waals surface area contributed by atoms with Crippen LogP contribution in [-0.4, -0.2) is 19.0 Å². The number of hydrogen-bond acceptors (Lipinski definition) is 1. The van der Waals surface area contributed by atoms with Crippen LogP contribution in [0.25, 0.3) is 0 Å². The van der Waals surface area contributed by atoms with E-state index in [0.717, 1.165) is 0 Å². The molecule has 1 rings (SSSR count). The van der Waals surface area contributed by atoms with Crippen LogP contribution in [0.2, 0.25) is 0 Å². The molecule has 0 bridgehead atoms. The second-order valence-electron chi connectivity index (χ2n) is 2.82. The van der Waals surface area contributed by atoms with Gasteiger partial charge in [-0.2, -0.15) is 0 Å². The van der Waals surface area contributed by atoms with E-state index in [-0.39, 0.29) is 6.42 Å². The van der Waals surface area contributed by atoms with Crippen LogP contribution >= 0.6 is 0 Å². The molecule has 1 atom stereocenters. The number of nitrogens with one attached hydrogen (secondary N) is 1. The Labute approximate surface area is 73.5 Å². The van der Waals surface area contributed by atoms with Crippen LogP contribution in [-0.2, 0) is 0 Å². The molecule has 1 aliphatic rings. The first-order valence-electron chi connectivity index (χ1n) is 4.75. The average Bonchev–Trinajstić information content (AvgIpc) is 2.07. The monoisotopic (exact) mass is 179 g/mol. The van der Waals surface area contributed by atoms with Crippen molar-refractivity contribution in [2.24, 2.45) is 5.92 Å². The number of rotatable bonds is 1. The van der Waals surface area contributed by atoms with Gasteiger partial charge < -0.3 is 5.32 Å². The molecule has 0 aliphatic carbocycles. The molecule has 1 fully saturated rings. The number of halogens is 2. The topological polar surface area (TPSA) is 12.0 Å². The van der Waals surface area contributed by atoms with Crippen molar-refractivity contribution in [3.8, 4) is 0 Å². The van der Waals surface area contributed by atoms with Gasteiger partial charge in [-0.1, -0.05) is 20.8 Å². The Bertz CT molecular complexity index is 115. The summed E-state index contributed by atoms with van der Waals surface area (Å²) in [6.45, 7) is 6.75. The van der Waals surface area contributed by atoms with E-state index in [9.17, 15) is 8.78 Å². The minimum atomic E-state index is -2.42. The van der Waals surface area contributed by atoms with E-state index in [2.05, 4.69) is 5.32 Å². The molecule has 0 amide bonds. The van der Waals surface area contributed by atoms with Crippen molar-refractivity contribution in [3.05, 3.63) is 0 Å². The van der Waals surface area contributed by atoms with Crippen LogP contribution in [0.1, 0.15) is 33.6 Å². The Balaban J connectivity index is 0.000000561. The molecule has 12 heavy (non-hydrogen) atoms. The van der Waals surface area contributed by atoms with Gasteiger partial charge in [-0.05, 0) is 6.42 Å². The Morgan fingerprint density at radius 1 is 1.42 bits per heavy atom. The molecule has 1 aliphatic heterocycles. The van der Waals surface area contributed by atoms with Crippen molar-refractivity contribution in [2.45, 2.75) is 39.5 Å². The predicted molar refractivity (Wildman–Crippen MR) is 47.6 cm³/mol. The highest BCUT2D eigenvalue weighted by Crippen LogP contribution is 2.32. The lowest BCUT2D eigenvalue weighted by Gasteiger charge is -2.30. The van der Waals surface area contributed by atoms with Gasteiger partial charge in [-0.15, -0.1) is 0 Å². The third kappa shape index (κ3) is 3.05. The largest absolute Gasteiger partial charge is 0.316 e. The van der Waals surface area contributed by atoms with Gasteiger partial charge in [-0.25, -0.2) is 8.78 Å². The summed E-state index contributed by atoms with van der Waals surface area (Å²) in [7, 11) is 0. The zero-order valence-electron chi connectivity index (χ0n) is 8.16. The summed E-state index contributed by atoms with van der Waals surface area (Å²) in [5, 5.41) is 2.96.